The first-order valence-corrected chi connectivity index (χ1v) is 23.9. The number of unbranched alkanes of at least 4 members (excludes halogenated alkanes) is 26. The molecule has 1 aliphatic rings. The second-order valence-corrected chi connectivity index (χ2v) is 16.6. The van der Waals surface area contributed by atoms with Crippen molar-refractivity contribution in [3.05, 3.63) is 24.3 Å². The van der Waals surface area contributed by atoms with E-state index in [2.05, 4.69) is 38.2 Å². The molecule has 1 heterocycles. The van der Waals surface area contributed by atoms with Crippen LogP contribution in [0.5, 0.6) is 0 Å². The average molecular weight is 811 g/mol. The lowest BCUT2D eigenvalue weighted by Gasteiger charge is -2.39. The van der Waals surface area contributed by atoms with E-state index in [4.69, 9.17) is 18.9 Å². The smallest absolute Gasteiger partial charge is 0.306 e. The minimum Gasteiger partial charge on any atom is -0.457 e. The molecule has 6 unspecified atom stereocenters. The summed E-state index contributed by atoms with van der Waals surface area (Å²) in [6, 6.07) is 0. The van der Waals surface area contributed by atoms with E-state index >= 15 is 0 Å². The van der Waals surface area contributed by atoms with Crippen LogP contribution in [0.3, 0.4) is 0 Å². The van der Waals surface area contributed by atoms with E-state index in [0.717, 1.165) is 38.5 Å². The summed E-state index contributed by atoms with van der Waals surface area (Å²) in [7, 11) is 0. The first kappa shape index (κ1) is 53.7. The molecule has 0 aliphatic carbocycles. The minimum absolute atomic E-state index is 0.114. The number of aliphatic hydroxyl groups is 4. The number of carbonyl (C=O) groups is 1. The Hall–Kier alpha value is -1.33. The van der Waals surface area contributed by atoms with Gasteiger partial charge in [0.25, 0.3) is 0 Å². The molecule has 1 saturated heterocycles. The maximum atomic E-state index is 12.8. The fourth-order valence-electron chi connectivity index (χ4n) is 7.31. The summed E-state index contributed by atoms with van der Waals surface area (Å²) < 4.78 is 22.8. The maximum Gasteiger partial charge on any atom is 0.306 e. The molecular formula is C48H90O9. The molecule has 0 aromatic carbocycles. The Morgan fingerprint density at radius 3 is 1.49 bits per heavy atom. The van der Waals surface area contributed by atoms with Crippen molar-refractivity contribution in [1.82, 2.24) is 0 Å². The largest absolute Gasteiger partial charge is 0.457 e. The Labute approximate surface area is 349 Å². The molecule has 0 bridgehead atoms. The Balaban J connectivity index is 2.18. The zero-order chi connectivity index (χ0) is 41.4. The number of allylic oxidation sites excluding steroid dienone is 4. The molecule has 336 valence electrons. The highest BCUT2D eigenvalue weighted by Crippen LogP contribution is 2.23. The molecule has 9 nitrogen and oxygen atoms in total. The lowest BCUT2D eigenvalue weighted by molar-refractivity contribution is -0.305. The highest BCUT2D eigenvalue weighted by atomic mass is 16.7. The summed E-state index contributed by atoms with van der Waals surface area (Å²) in [5, 5.41) is 40.1. The van der Waals surface area contributed by atoms with Gasteiger partial charge in [0.15, 0.2) is 6.29 Å². The second kappa shape index (κ2) is 40.1. The van der Waals surface area contributed by atoms with Crippen molar-refractivity contribution in [3.63, 3.8) is 0 Å². The fraction of sp³-hybridized carbons (Fsp3) is 0.896. The molecule has 4 N–H and O–H groups in total. The van der Waals surface area contributed by atoms with Crippen LogP contribution in [0.2, 0.25) is 0 Å². The topological polar surface area (TPSA) is 135 Å². The van der Waals surface area contributed by atoms with Crippen molar-refractivity contribution >= 4 is 5.97 Å². The van der Waals surface area contributed by atoms with Crippen LogP contribution in [0.25, 0.3) is 0 Å². The predicted octanol–water partition coefficient (Wildman–Crippen LogP) is 11.0. The summed E-state index contributed by atoms with van der Waals surface area (Å²) in [6.45, 7) is 4.51. The molecule has 0 spiro atoms. The van der Waals surface area contributed by atoms with Gasteiger partial charge in [-0.2, -0.15) is 0 Å². The predicted molar refractivity (Wildman–Crippen MR) is 233 cm³/mol. The molecule has 9 heteroatoms. The van der Waals surface area contributed by atoms with Gasteiger partial charge < -0.3 is 39.4 Å². The summed E-state index contributed by atoms with van der Waals surface area (Å²) in [5.74, 6) is -0.315. The van der Waals surface area contributed by atoms with Gasteiger partial charge in [0.2, 0.25) is 0 Å². The van der Waals surface area contributed by atoms with Gasteiger partial charge in [-0.15, -0.1) is 0 Å². The molecule has 0 aromatic rings. The van der Waals surface area contributed by atoms with Crippen molar-refractivity contribution in [2.45, 2.75) is 250 Å². The first-order valence-electron chi connectivity index (χ1n) is 23.9. The van der Waals surface area contributed by atoms with Crippen molar-refractivity contribution < 1.29 is 44.2 Å². The van der Waals surface area contributed by atoms with Crippen LogP contribution in [0, 0.1) is 0 Å². The third-order valence-electron chi connectivity index (χ3n) is 11.1. The van der Waals surface area contributed by atoms with Gasteiger partial charge >= 0.3 is 5.97 Å². The average Bonchev–Trinajstić information content (AvgIpc) is 3.21. The van der Waals surface area contributed by atoms with Crippen molar-refractivity contribution in [2.75, 3.05) is 26.4 Å². The summed E-state index contributed by atoms with van der Waals surface area (Å²) in [5.41, 5.74) is 0. The fourth-order valence-corrected chi connectivity index (χ4v) is 7.31. The highest BCUT2D eigenvalue weighted by molar-refractivity contribution is 5.69. The van der Waals surface area contributed by atoms with Gasteiger partial charge in [0.1, 0.15) is 30.5 Å². The Bertz CT molecular complexity index is 926. The van der Waals surface area contributed by atoms with E-state index in [1.807, 2.05) is 0 Å². The number of hydrogen-bond donors (Lipinski definition) is 4. The summed E-state index contributed by atoms with van der Waals surface area (Å²) in [6.07, 6.45) is 39.3. The van der Waals surface area contributed by atoms with Gasteiger partial charge in [-0.05, 0) is 57.8 Å². The molecule has 6 atom stereocenters. The number of esters is 1. The Kier molecular flexibility index (Phi) is 37.8. The standard InChI is InChI=1S/C48H90O9/c1-3-5-7-9-11-13-15-16-17-18-19-20-21-22-23-24-25-26-27-29-31-33-35-37-44(50)56-42(41-55-48-47(53)46(52)45(51)43(39-49)57-48)40-54-38-36-34-32-30-28-14-12-10-8-6-4-2/h8,10,18-19,42-43,45-49,51-53H,3-7,9,11-17,20-41H2,1-2H3/b10-8-,19-18-. The summed E-state index contributed by atoms with van der Waals surface area (Å²) in [4.78, 5) is 12.8. The van der Waals surface area contributed by atoms with E-state index < -0.39 is 43.4 Å². The SMILES string of the molecule is CCC/C=C\CCCCCCCCOCC(COC1OC(CO)C(O)C(O)C1O)OC(=O)CCCCCCCCCCCCC/C=C\CCCCCCCCCC. The van der Waals surface area contributed by atoms with E-state index in [9.17, 15) is 25.2 Å². The number of aliphatic hydroxyl groups excluding tert-OH is 4. The number of rotatable bonds is 41. The normalized spacial score (nSPS) is 20.6. The molecule has 0 saturated carbocycles. The molecular weight excluding hydrogens is 721 g/mol. The molecule has 0 amide bonds. The lowest BCUT2D eigenvalue weighted by atomic mass is 9.99. The van der Waals surface area contributed by atoms with Crippen LogP contribution in [0.15, 0.2) is 24.3 Å². The van der Waals surface area contributed by atoms with Crippen LogP contribution in [0.4, 0.5) is 0 Å². The van der Waals surface area contributed by atoms with Crippen LogP contribution in [0.1, 0.15) is 213 Å². The van der Waals surface area contributed by atoms with E-state index in [1.165, 1.54) is 154 Å². The third-order valence-corrected chi connectivity index (χ3v) is 11.1. The monoisotopic (exact) mass is 811 g/mol. The molecule has 0 aromatic heterocycles. The second-order valence-electron chi connectivity index (χ2n) is 16.6. The van der Waals surface area contributed by atoms with Gasteiger partial charge in [0, 0.05) is 13.0 Å². The minimum atomic E-state index is -1.53. The lowest BCUT2D eigenvalue weighted by Crippen LogP contribution is -2.59. The highest BCUT2D eigenvalue weighted by Gasteiger charge is 2.44. The van der Waals surface area contributed by atoms with E-state index in [0.29, 0.717) is 13.0 Å². The van der Waals surface area contributed by atoms with Gasteiger partial charge in [-0.1, -0.05) is 173 Å². The van der Waals surface area contributed by atoms with Gasteiger partial charge in [0.05, 0.1) is 19.8 Å². The summed E-state index contributed by atoms with van der Waals surface area (Å²) >= 11 is 0. The molecule has 1 rings (SSSR count). The van der Waals surface area contributed by atoms with E-state index in [-0.39, 0.29) is 19.2 Å². The molecule has 57 heavy (non-hydrogen) atoms. The van der Waals surface area contributed by atoms with Crippen LogP contribution in [-0.4, -0.2) is 89.6 Å². The number of carbonyl (C=O) groups excluding carboxylic acids is 1. The third kappa shape index (κ3) is 31.2. The molecule has 1 aliphatic heterocycles. The van der Waals surface area contributed by atoms with Gasteiger partial charge in [-0.3, -0.25) is 4.79 Å². The Morgan fingerprint density at radius 1 is 0.544 bits per heavy atom. The van der Waals surface area contributed by atoms with Crippen LogP contribution in [-0.2, 0) is 23.7 Å². The zero-order valence-corrected chi connectivity index (χ0v) is 36.9. The molecule has 0 radical (unpaired) electrons. The quantitative estimate of drug-likeness (QED) is 0.0270. The van der Waals surface area contributed by atoms with Crippen molar-refractivity contribution in [2.24, 2.45) is 0 Å². The van der Waals surface area contributed by atoms with E-state index in [1.54, 1.807) is 0 Å². The van der Waals surface area contributed by atoms with Crippen molar-refractivity contribution in [1.29, 1.82) is 0 Å². The van der Waals surface area contributed by atoms with Crippen LogP contribution >= 0.6 is 0 Å². The molecule has 1 fully saturated rings. The maximum absolute atomic E-state index is 12.8. The van der Waals surface area contributed by atoms with Gasteiger partial charge in [-0.25, -0.2) is 0 Å². The zero-order valence-electron chi connectivity index (χ0n) is 36.9. The number of ether oxygens (including phenoxy) is 4. The van der Waals surface area contributed by atoms with Crippen molar-refractivity contribution in [3.8, 4) is 0 Å². The Morgan fingerprint density at radius 2 is 1.00 bits per heavy atom. The number of hydrogen-bond acceptors (Lipinski definition) is 9. The van der Waals surface area contributed by atoms with Crippen LogP contribution < -0.4 is 0 Å². The first-order chi connectivity index (χ1) is 27.9.